The van der Waals surface area contributed by atoms with Crippen LogP contribution in [0.15, 0.2) is 72.8 Å². The Labute approximate surface area is 136 Å². The normalized spacial score (nSPS) is 15.8. The molecule has 0 radical (unpaired) electrons. The van der Waals surface area contributed by atoms with Crippen molar-refractivity contribution in [2.24, 2.45) is 5.41 Å². The quantitative estimate of drug-likeness (QED) is 0.588. The first-order valence-corrected chi connectivity index (χ1v) is 7.76. The van der Waals surface area contributed by atoms with Crippen LogP contribution >= 0.6 is 0 Å². The molecule has 0 saturated heterocycles. The number of ketones is 2. The van der Waals surface area contributed by atoms with Crippen molar-refractivity contribution in [2.45, 2.75) is 12.8 Å². The highest BCUT2D eigenvalue weighted by Crippen LogP contribution is 2.48. The highest BCUT2D eigenvalue weighted by molar-refractivity contribution is 6.19. The second kappa shape index (κ2) is 6.57. The third kappa shape index (κ3) is 3.54. The molecule has 3 rings (SSSR count). The summed E-state index contributed by atoms with van der Waals surface area (Å²) in [4.78, 5) is 24.8. The number of hydrogen-bond donors (Lipinski definition) is 0. The zero-order valence-corrected chi connectivity index (χ0v) is 12.8. The summed E-state index contributed by atoms with van der Waals surface area (Å²) in [6.45, 7) is 0. The summed E-state index contributed by atoms with van der Waals surface area (Å²) in [5, 5.41) is 0. The molecule has 1 aliphatic rings. The van der Waals surface area contributed by atoms with Crippen molar-refractivity contribution in [3.63, 3.8) is 0 Å². The molecule has 0 atom stereocenters. The number of allylic oxidation sites excluding steroid dienone is 2. The third-order valence-electron chi connectivity index (χ3n) is 4.15. The molecule has 0 spiro atoms. The van der Waals surface area contributed by atoms with Gasteiger partial charge >= 0.3 is 0 Å². The summed E-state index contributed by atoms with van der Waals surface area (Å²) < 4.78 is 0. The molecule has 0 heterocycles. The Bertz CT molecular complexity index is 687. The molecule has 2 heteroatoms. The highest BCUT2D eigenvalue weighted by Gasteiger charge is 2.53. The Kier molecular flexibility index (Phi) is 4.33. The van der Waals surface area contributed by atoms with Gasteiger partial charge in [-0.25, -0.2) is 0 Å². The van der Waals surface area contributed by atoms with Gasteiger partial charge in [-0.15, -0.1) is 0 Å². The van der Waals surface area contributed by atoms with Crippen LogP contribution in [-0.4, -0.2) is 11.6 Å². The molecule has 2 aromatic rings. The lowest BCUT2D eigenvalue weighted by Gasteiger charge is -2.06. The summed E-state index contributed by atoms with van der Waals surface area (Å²) in [6.07, 6.45) is 7.91. The van der Waals surface area contributed by atoms with E-state index in [1.165, 1.54) is 12.2 Å². The Morgan fingerprint density at radius 3 is 1.43 bits per heavy atom. The van der Waals surface area contributed by atoms with Crippen molar-refractivity contribution in [3.8, 4) is 0 Å². The molecule has 1 aliphatic carbocycles. The first kappa shape index (κ1) is 15.2. The van der Waals surface area contributed by atoms with Gasteiger partial charge in [0.1, 0.15) is 0 Å². The van der Waals surface area contributed by atoms with Crippen LogP contribution in [-0.2, 0) is 9.59 Å². The fraction of sp³-hybridized carbons (Fsp3) is 0.143. The van der Waals surface area contributed by atoms with Crippen molar-refractivity contribution < 1.29 is 9.59 Å². The average molecular weight is 302 g/mol. The molecule has 0 N–H and O–H groups in total. The minimum atomic E-state index is -0.823. The first-order chi connectivity index (χ1) is 11.2. The molecule has 2 nitrogen and oxygen atoms in total. The molecule has 1 saturated carbocycles. The topological polar surface area (TPSA) is 34.1 Å². The van der Waals surface area contributed by atoms with E-state index in [1.54, 1.807) is 12.2 Å². The minimum Gasteiger partial charge on any atom is -0.294 e. The van der Waals surface area contributed by atoms with Crippen molar-refractivity contribution in [2.75, 3.05) is 0 Å². The number of hydrogen-bond acceptors (Lipinski definition) is 2. The summed E-state index contributed by atoms with van der Waals surface area (Å²) in [7, 11) is 0. The van der Waals surface area contributed by atoms with Crippen molar-refractivity contribution in [3.05, 3.63) is 83.9 Å². The Hall–Kier alpha value is -2.74. The van der Waals surface area contributed by atoms with E-state index < -0.39 is 5.41 Å². The number of rotatable bonds is 6. The van der Waals surface area contributed by atoms with Gasteiger partial charge in [0, 0.05) is 0 Å². The van der Waals surface area contributed by atoms with E-state index in [0.29, 0.717) is 12.8 Å². The van der Waals surface area contributed by atoms with E-state index >= 15 is 0 Å². The lowest BCUT2D eigenvalue weighted by Crippen LogP contribution is -2.22. The number of benzene rings is 2. The van der Waals surface area contributed by atoms with Crippen LogP contribution in [0.25, 0.3) is 12.2 Å². The second-order valence-corrected chi connectivity index (χ2v) is 5.80. The molecule has 0 aliphatic heterocycles. The summed E-state index contributed by atoms with van der Waals surface area (Å²) in [6, 6.07) is 19.3. The van der Waals surface area contributed by atoms with Crippen LogP contribution in [0.4, 0.5) is 0 Å². The standard InChI is InChI=1S/C21H18O2/c22-19(13-11-17-7-3-1-4-8-17)21(15-16-21)20(23)14-12-18-9-5-2-6-10-18/h1-14H,15-16H2/b13-11+,14-12+. The van der Waals surface area contributed by atoms with Crippen LogP contribution in [0, 0.1) is 5.41 Å². The molecular formula is C21H18O2. The van der Waals surface area contributed by atoms with Crippen LogP contribution in [0.2, 0.25) is 0 Å². The smallest absolute Gasteiger partial charge is 0.169 e. The fourth-order valence-corrected chi connectivity index (χ4v) is 2.53. The molecule has 114 valence electrons. The predicted molar refractivity (Wildman–Crippen MR) is 92.6 cm³/mol. The average Bonchev–Trinajstić information content (AvgIpc) is 3.41. The molecule has 23 heavy (non-hydrogen) atoms. The molecule has 0 aromatic heterocycles. The van der Waals surface area contributed by atoms with Gasteiger partial charge < -0.3 is 0 Å². The Morgan fingerprint density at radius 2 is 1.09 bits per heavy atom. The van der Waals surface area contributed by atoms with Crippen molar-refractivity contribution in [1.29, 1.82) is 0 Å². The minimum absolute atomic E-state index is 0.0935. The Morgan fingerprint density at radius 1 is 0.696 bits per heavy atom. The monoisotopic (exact) mass is 302 g/mol. The summed E-state index contributed by atoms with van der Waals surface area (Å²) in [5.41, 5.74) is 1.10. The van der Waals surface area contributed by atoms with Gasteiger partial charge in [-0.1, -0.05) is 72.8 Å². The molecule has 0 bridgehead atoms. The maximum atomic E-state index is 12.4. The lowest BCUT2D eigenvalue weighted by atomic mass is 9.94. The maximum absolute atomic E-state index is 12.4. The van der Waals surface area contributed by atoms with Crippen LogP contribution in [0.3, 0.4) is 0 Å². The zero-order chi connectivity index (χ0) is 16.1. The van der Waals surface area contributed by atoms with Gasteiger partial charge in [-0.05, 0) is 36.1 Å². The number of carbonyl (C=O) groups excluding carboxylic acids is 2. The summed E-state index contributed by atoms with van der Waals surface area (Å²) >= 11 is 0. The maximum Gasteiger partial charge on any atom is 0.169 e. The van der Waals surface area contributed by atoms with Gasteiger partial charge in [0.05, 0.1) is 5.41 Å². The number of carbonyl (C=O) groups is 2. The van der Waals surface area contributed by atoms with Gasteiger partial charge in [0.25, 0.3) is 0 Å². The largest absolute Gasteiger partial charge is 0.294 e. The SMILES string of the molecule is O=C(/C=C/c1ccccc1)C1(C(=O)/C=C/c2ccccc2)CC1. The lowest BCUT2D eigenvalue weighted by molar-refractivity contribution is -0.129. The van der Waals surface area contributed by atoms with E-state index in [-0.39, 0.29) is 11.6 Å². The molecule has 0 unspecified atom stereocenters. The first-order valence-electron chi connectivity index (χ1n) is 7.76. The van der Waals surface area contributed by atoms with E-state index in [0.717, 1.165) is 11.1 Å². The molecule has 0 amide bonds. The Balaban J connectivity index is 1.69. The second-order valence-electron chi connectivity index (χ2n) is 5.80. The van der Waals surface area contributed by atoms with Crippen LogP contribution in [0.1, 0.15) is 24.0 Å². The summed E-state index contributed by atoms with van der Waals surface area (Å²) in [5.74, 6) is -0.187. The molecule has 2 aromatic carbocycles. The predicted octanol–water partition coefficient (Wildman–Crippen LogP) is 4.33. The van der Waals surface area contributed by atoms with Gasteiger partial charge in [-0.3, -0.25) is 9.59 Å². The van der Waals surface area contributed by atoms with E-state index in [9.17, 15) is 9.59 Å². The van der Waals surface area contributed by atoms with E-state index in [4.69, 9.17) is 0 Å². The zero-order valence-electron chi connectivity index (χ0n) is 12.8. The third-order valence-corrected chi connectivity index (χ3v) is 4.15. The van der Waals surface area contributed by atoms with Crippen molar-refractivity contribution >= 4 is 23.7 Å². The van der Waals surface area contributed by atoms with Gasteiger partial charge in [0.15, 0.2) is 11.6 Å². The van der Waals surface area contributed by atoms with E-state index in [2.05, 4.69) is 0 Å². The highest BCUT2D eigenvalue weighted by atomic mass is 16.2. The van der Waals surface area contributed by atoms with Gasteiger partial charge in [0.2, 0.25) is 0 Å². The fourth-order valence-electron chi connectivity index (χ4n) is 2.53. The molecular weight excluding hydrogens is 284 g/mol. The van der Waals surface area contributed by atoms with Crippen molar-refractivity contribution in [1.82, 2.24) is 0 Å². The molecule has 1 fully saturated rings. The van der Waals surface area contributed by atoms with Crippen LogP contribution < -0.4 is 0 Å². The van der Waals surface area contributed by atoms with Crippen LogP contribution in [0.5, 0.6) is 0 Å². The van der Waals surface area contributed by atoms with Gasteiger partial charge in [-0.2, -0.15) is 0 Å². The van der Waals surface area contributed by atoms with E-state index in [1.807, 2.05) is 60.7 Å².